The highest BCUT2D eigenvalue weighted by atomic mass is 79.9. The fourth-order valence-corrected chi connectivity index (χ4v) is 1.97. The first-order valence-corrected chi connectivity index (χ1v) is 4.75. The molecule has 0 saturated heterocycles. The number of rotatable bonds is 2. The number of ketones is 1. The highest BCUT2D eigenvalue weighted by molar-refractivity contribution is 9.10. The molecule has 0 aliphatic heterocycles. The number of halogens is 2. The Kier molecular flexibility index (Phi) is 3.23. The molecular weight excluding hydrogens is 273 g/mol. The van der Waals surface area contributed by atoms with E-state index in [9.17, 15) is 14.9 Å². The van der Waals surface area contributed by atoms with Crippen LogP contribution in [0.1, 0.15) is 17.3 Å². The lowest BCUT2D eigenvalue weighted by molar-refractivity contribution is -0.385. The Balaban J connectivity index is 3.52. The highest BCUT2D eigenvalue weighted by Gasteiger charge is 2.22. The zero-order valence-electron chi connectivity index (χ0n) is 7.08. The summed E-state index contributed by atoms with van der Waals surface area (Å²) in [6.45, 7) is 1.26. The number of nitro groups is 1. The molecule has 0 aliphatic rings. The highest BCUT2D eigenvalue weighted by Crippen LogP contribution is 2.32. The second-order valence-corrected chi connectivity index (χ2v) is 3.89. The minimum Gasteiger partial charge on any atom is -0.294 e. The van der Waals surface area contributed by atoms with Crippen LogP contribution in [0, 0.1) is 10.1 Å². The number of hydrogen-bond donors (Lipinski definition) is 0. The van der Waals surface area contributed by atoms with Crippen LogP contribution >= 0.6 is 27.5 Å². The molecule has 6 heteroatoms. The lowest BCUT2D eigenvalue weighted by Crippen LogP contribution is -2.01. The van der Waals surface area contributed by atoms with Crippen LogP contribution < -0.4 is 0 Å². The van der Waals surface area contributed by atoms with E-state index in [1.54, 1.807) is 0 Å². The summed E-state index contributed by atoms with van der Waals surface area (Å²) < 4.78 is 0.209. The average molecular weight is 278 g/mol. The Hall–Kier alpha value is -0.940. The monoisotopic (exact) mass is 277 g/mol. The summed E-state index contributed by atoms with van der Waals surface area (Å²) in [6.07, 6.45) is 0. The fraction of sp³-hybridized carbons (Fsp3) is 0.125. The number of nitrogens with zero attached hydrogens (tertiary/aromatic N) is 1. The minimum atomic E-state index is -0.614. The van der Waals surface area contributed by atoms with E-state index in [1.807, 2.05) is 0 Å². The second-order valence-electron chi connectivity index (χ2n) is 2.60. The van der Waals surface area contributed by atoms with Crippen LogP contribution in [0.5, 0.6) is 0 Å². The zero-order chi connectivity index (χ0) is 10.9. The van der Waals surface area contributed by atoms with Crippen molar-refractivity contribution in [3.63, 3.8) is 0 Å². The Morgan fingerprint density at radius 3 is 2.57 bits per heavy atom. The molecule has 0 saturated carbocycles. The van der Waals surface area contributed by atoms with Crippen LogP contribution in [0.25, 0.3) is 0 Å². The normalized spacial score (nSPS) is 9.93. The van der Waals surface area contributed by atoms with Gasteiger partial charge in [-0.2, -0.15) is 0 Å². The van der Waals surface area contributed by atoms with Crippen molar-refractivity contribution in [3.8, 4) is 0 Å². The first-order valence-electron chi connectivity index (χ1n) is 3.58. The van der Waals surface area contributed by atoms with Crippen molar-refractivity contribution < 1.29 is 9.72 Å². The molecule has 0 bridgehead atoms. The van der Waals surface area contributed by atoms with Gasteiger partial charge < -0.3 is 0 Å². The smallest absolute Gasteiger partial charge is 0.294 e. The topological polar surface area (TPSA) is 60.2 Å². The molecule has 0 atom stereocenters. The largest absolute Gasteiger partial charge is 0.294 e. The SMILES string of the molecule is CC(=O)c1cc(Cl)cc(Br)c1[N+](=O)[O-]. The first-order chi connectivity index (χ1) is 6.43. The Morgan fingerprint density at radius 1 is 1.57 bits per heavy atom. The summed E-state index contributed by atoms with van der Waals surface area (Å²) in [5.41, 5.74) is -0.240. The van der Waals surface area contributed by atoms with Gasteiger partial charge in [-0.25, -0.2) is 0 Å². The molecule has 0 aliphatic carbocycles. The third-order valence-corrected chi connectivity index (χ3v) is 2.41. The summed E-state index contributed by atoms with van der Waals surface area (Å²) in [6, 6.07) is 2.67. The number of nitro benzene ring substituents is 1. The molecule has 74 valence electrons. The second kappa shape index (κ2) is 4.06. The van der Waals surface area contributed by atoms with Crippen LogP contribution in [0.3, 0.4) is 0 Å². The van der Waals surface area contributed by atoms with E-state index < -0.39 is 4.92 Å². The van der Waals surface area contributed by atoms with Crippen molar-refractivity contribution in [3.05, 3.63) is 37.3 Å². The molecule has 0 amide bonds. The van der Waals surface area contributed by atoms with Crippen LogP contribution in [-0.4, -0.2) is 10.7 Å². The quantitative estimate of drug-likeness (QED) is 0.474. The molecule has 14 heavy (non-hydrogen) atoms. The van der Waals surface area contributed by atoms with Crippen LogP contribution in [0.2, 0.25) is 5.02 Å². The van der Waals surface area contributed by atoms with Gasteiger partial charge in [-0.05, 0) is 35.0 Å². The van der Waals surface area contributed by atoms with Gasteiger partial charge in [-0.15, -0.1) is 0 Å². The standard InChI is InChI=1S/C8H5BrClNO3/c1-4(12)6-2-5(10)3-7(9)8(6)11(13)14/h2-3H,1H3. The summed E-state index contributed by atoms with van der Waals surface area (Å²) in [5.74, 6) is -0.389. The van der Waals surface area contributed by atoms with E-state index in [0.717, 1.165) is 0 Å². The molecule has 0 fully saturated rings. The number of carbonyl (C=O) groups excluding carboxylic acids is 1. The fourth-order valence-electron chi connectivity index (χ4n) is 1.02. The third kappa shape index (κ3) is 2.10. The van der Waals surface area contributed by atoms with E-state index in [4.69, 9.17) is 11.6 Å². The number of hydrogen-bond acceptors (Lipinski definition) is 3. The predicted molar refractivity (Wildman–Crippen MR) is 55.8 cm³/mol. The van der Waals surface area contributed by atoms with Gasteiger partial charge in [0.1, 0.15) is 0 Å². The first kappa shape index (κ1) is 11.1. The molecule has 0 unspecified atom stereocenters. The third-order valence-electron chi connectivity index (χ3n) is 1.59. The Morgan fingerprint density at radius 2 is 2.14 bits per heavy atom. The molecule has 0 heterocycles. The van der Waals surface area contributed by atoms with Gasteiger partial charge >= 0.3 is 0 Å². The molecular formula is C8H5BrClNO3. The van der Waals surface area contributed by atoms with E-state index in [2.05, 4.69) is 15.9 Å². The van der Waals surface area contributed by atoms with Gasteiger partial charge in [0.2, 0.25) is 0 Å². The van der Waals surface area contributed by atoms with E-state index in [0.29, 0.717) is 0 Å². The van der Waals surface area contributed by atoms with E-state index in [1.165, 1.54) is 19.1 Å². The van der Waals surface area contributed by atoms with Crippen LogP contribution in [-0.2, 0) is 0 Å². The maximum atomic E-state index is 11.1. The van der Waals surface area contributed by atoms with Crippen LogP contribution in [0.15, 0.2) is 16.6 Å². The van der Waals surface area contributed by atoms with Crippen molar-refractivity contribution in [2.75, 3.05) is 0 Å². The summed E-state index contributed by atoms with van der Waals surface area (Å²) >= 11 is 8.65. The molecule has 4 nitrogen and oxygen atoms in total. The summed E-state index contributed by atoms with van der Waals surface area (Å²) in [5, 5.41) is 10.9. The summed E-state index contributed by atoms with van der Waals surface area (Å²) in [4.78, 5) is 21.1. The molecule has 0 spiro atoms. The molecule has 1 aromatic carbocycles. The van der Waals surface area contributed by atoms with Gasteiger partial charge in [-0.3, -0.25) is 14.9 Å². The number of carbonyl (C=O) groups is 1. The number of benzene rings is 1. The van der Waals surface area contributed by atoms with E-state index in [-0.39, 0.29) is 26.5 Å². The maximum absolute atomic E-state index is 11.1. The van der Waals surface area contributed by atoms with Gasteiger partial charge in [0.05, 0.1) is 15.0 Å². The maximum Gasteiger partial charge on any atom is 0.294 e. The summed E-state index contributed by atoms with van der Waals surface area (Å²) in [7, 11) is 0. The van der Waals surface area contributed by atoms with E-state index >= 15 is 0 Å². The molecule has 0 N–H and O–H groups in total. The van der Waals surface area contributed by atoms with Gasteiger partial charge in [0.25, 0.3) is 5.69 Å². The van der Waals surface area contributed by atoms with Crippen LogP contribution in [0.4, 0.5) is 5.69 Å². The molecule has 1 aromatic rings. The lowest BCUT2D eigenvalue weighted by atomic mass is 10.1. The lowest BCUT2D eigenvalue weighted by Gasteiger charge is -2.01. The average Bonchev–Trinajstić information content (AvgIpc) is 2.01. The van der Waals surface area contributed by atoms with Crippen molar-refractivity contribution in [2.24, 2.45) is 0 Å². The zero-order valence-corrected chi connectivity index (χ0v) is 9.42. The Labute approximate surface area is 93.1 Å². The molecule has 0 radical (unpaired) electrons. The van der Waals surface area contributed by atoms with Gasteiger partial charge in [0, 0.05) is 5.02 Å². The number of Topliss-reactive ketones (excluding diaryl/α,β-unsaturated/α-hetero) is 1. The predicted octanol–water partition coefficient (Wildman–Crippen LogP) is 3.21. The van der Waals surface area contributed by atoms with Crippen molar-refractivity contribution >= 4 is 39.0 Å². The van der Waals surface area contributed by atoms with Crippen molar-refractivity contribution in [1.29, 1.82) is 0 Å². The minimum absolute atomic E-state index is 0.00868. The van der Waals surface area contributed by atoms with Crippen molar-refractivity contribution in [2.45, 2.75) is 6.92 Å². The molecule has 1 rings (SSSR count). The van der Waals surface area contributed by atoms with Crippen molar-refractivity contribution in [1.82, 2.24) is 0 Å². The van der Waals surface area contributed by atoms with Gasteiger partial charge in [-0.1, -0.05) is 11.6 Å². The van der Waals surface area contributed by atoms with Gasteiger partial charge in [0.15, 0.2) is 5.78 Å². The Bertz CT molecular complexity index is 419. The molecule has 0 aromatic heterocycles.